The number of rotatable bonds is 3. The van der Waals surface area contributed by atoms with Crippen LogP contribution in [0.5, 0.6) is 5.75 Å². The molecule has 0 aliphatic carbocycles. The summed E-state index contributed by atoms with van der Waals surface area (Å²) in [5.41, 5.74) is 5.11. The zero-order valence-electron chi connectivity index (χ0n) is 11.8. The molecule has 0 unspecified atom stereocenters. The predicted octanol–water partition coefficient (Wildman–Crippen LogP) is 1.80. The molecule has 0 radical (unpaired) electrons. The first-order valence-corrected chi connectivity index (χ1v) is 7.75. The molecule has 0 saturated carbocycles. The van der Waals surface area contributed by atoms with Crippen LogP contribution < -0.4 is 16.2 Å². The second-order valence-corrected chi connectivity index (χ2v) is 5.68. The number of nitrogens with one attached hydrogen (secondary N) is 3. The zero-order valence-corrected chi connectivity index (χ0v) is 13.4. The summed E-state index contributed by atoms with van der Waals surface area (Å²) in [6, 6.07) is 9.46. The van der Waals surface area contributed by atoms with Gasteiger partial charge in [-0.2, -0.15) is 0 Å². The van der Waals surface area contributed by atoms with Gasteiger partial charge in [-0.05, 0) is 54.0 Å². The third-order valence-electron chi connectivity index (χ3n) is 2.60. The maximum atomic E-state index is 11.8. The fourth-order valence-electron chi connectivity index (χ4n) is 1.53. The number of carbonyl (C=O) groups is 2. The van der Waals surface area contributed by atoms with Crippen LogP contribution in [0.2, 0.25) is 0 Å². The Labute approximate surface area is 141 Å². The van der Waals surface area contributed by atoms with Gasteiger partial charge in [-0.15, -0.1) is 11.3 Å². The molecule has 118 valence electrons. The van der Waals surface area contributed by atoms with Gasteiger partial charge in [0.25, 0.3) is 5.91 Å². The van der Waals surface area contributed by atoms with Crippen molar-refractivity contribution in [3.8, 4) is 5.75 Å². The molecule has 23 heavy (non-hydrogen) atoms. The third kappa shape index (κ3) is 5.53. The Kier molecular flexibility index (Phi) is 5.84. The smallest absolute Gasteiger partial charge is 0.269 e. The average molecular weight is 347 g/mol. The SMILES string of the molecule is O=C(C=Cc1cccs1)NC(=S)NNC(=O)c1ccc(O)cc1. The van der Waals surface area contributed by atoms with Crippen LogP contribution >= 0.6 is 23.6 Å². The van der Waals surface area contributed by atoms with Gasteiger partial charge >= 0.3 is 0 Å². The molecule has 1 heterocycles. The number of amides is 2. The number of carbonyl (C=O) groups excluding carboxylic acids is 2. The van der Waals surface area contributed by atoms with Crippen LogP contribution in [-0.4, -0.2) is 22.0 Å². The molecule has 8 heteroatoms. The molecule has 0 aliphatic rings. The second-order valence-electron chi connectivity index (χ2n) is 4.29. The second kappa shape index (κ2) is 8.06. The molecule has 0 spiro atoms. The fraction of sp³-hybridized carbons (Fsp3) is 0. The Morgan fingerprint density at radius 3 is 2.52 bits per heavy atom. The quantitative estimate of drug-likeness (QED) is 0.386. The molecule has 6 nitrogen and oxygen atoms in total. The van der Waals surface area contributed by atoms with E-state index in [-0.39, 0.29) is 10.9 Å². The Morgan fingerprint density at radius 2 is 1.87 bits per heavy atom. The predicted molar refractivity (Wildman–Crippen MR) is 92.8 cm³/mol. The molecule has 2 amide bonds. The summed E-state index contributed by atoms with van der Waals surface area (Å²) >= 11 is 6.41. The topological polar surface area (TPSA) is 90.5 Å². The summed E-state index contributed by atoms with van der Waals surface area (Å²) in [7, 11) is 0. The van der Waals surface area contributed by atoms with Crippen molar-refractivity contribution in [3.05, 3.63) is 58.3 Å². The molecule has 0 bridgehead atoms. The number of thiocarbonyl (C=S) groups is 1. The van der Waals surface area contributed by atoms with Crippen molar-refractivity contribution in [1.29, 1.82) is 0 Å². The standard InChI is InChI=1S/C15H13N3O3S2/c19-11-5-3-10(4-6-11)14(21)17-18-15(22)16-13(20)8-7-12-2-1-9-23-12/h1-9,19H,(H,17,21)(H2,16,18,20,22). The van der Waals surface area contributed by atoms with Crippen molar-refractivity contribution < 1.29 is 14.7 Å². The molecular formula is C15H13N3O3S2. The highest BCUT2D eigenvalue weighted by Gasteiger charge is 2.06. The van der Waals surface area contributed by atoms with Crippen LogP contribution in [0.1, 0.15) is 15.2 Å². The third-order valence-corrected chi connectivity index (χ3v) is 3.64. The highest BCUT2D eigenvalue weighted by atomic mass is 32.1. The minimum absolute atomic E-state index is 0.0297. The fourth-order valence-corrected chi connectivity index (χ4v) is 2.30. The van der Waals surface area contributed by atoms with Gasteiger partial charge in [0.15, 0.2) is 5.11 Å². The largest absolute Gasteiger partial charge is 0.508 e. The average Bonchev–Trinajstić information content (AvgIpc) is 3.05. The molecule has 2 aromatic rings. The van der Waals surface area contributed by atoms with Gasteiger partial charge in [0.05, 0.1) is 0 Å². The van der Waals surface area contributed by atoms with Gasteiger partial charge in [0.2, 0.25) is 5.91 Å². The van der Waals surface area contributed by atoms with Crippen LogP contribution in [-0.2, 0) is 4.79 Å². The van der Waals surface area contributed by atoms with Gasteiger partial charge in [-0.3, -0.25) is 25.8 Å². The zero-order chi connectivity index (χ0) is 16.7. The maximum Gasteiger partial charge on any atom is 0.269 e. The summed E-state index contributed by atoms with van der Waals surface area (Å²) in [4.78, 5) is 24.4. The molecule has 0 saturated heterocycles. The van der Waals surface area contributed by atoms with Crippen molar-refractivity contribution in [2.45, 2.75) is 0 Å². The van der Waals surface area contributed by atoms with Gasteiger partial charge in [0.1, 0.15) is 5.75 Å². The number of thiophene rings is 1. The first kappa shape index (κ1) is 16.7. The van der Waals surface area contributed by atoms with E-state index in [2.05, 4.69) is 16.2 Å². The number of hydrazine groups is 1. The minimum Gasteiger partial charge on any atom is -0.508 e. The summed E-state index contributed by atoms with van der Waals surface area (Å²) < 4.78 is 0. The Morgan fingerprint density at radius 1 is 1.13 bits per heavy atom. The van der Waals surface area contributed by atoms with E-state index in [1.54, 1.807) is 6.08 Å². The molecule has 2 rings (SSSR count). The van der Waals surface area contributed by atoms with Crippen LogP contribution in [0.15, 0.2) is 47.9 Å². The number of phenols is 1. The lowest BCUT2D eigenvalue weighted by Gasteiger charge is -2.09. The highest BCUT2D eigenvalue weighted by molar-refractivity contribution is 7.80. The molecule has 0 aliphatic heterocycles. The van der Waals surface area contributed by atoms with Crippen molar-refractivity contribution >= 4 is 46.6 Å². The molecule has 1 aromatic carbocycles. The van der Waals surface area contributed by atoms with Crippen LogP contribution in [0, 0.1) is 0 Å². The lowest BCUT2D eigenvalue weighted by Crippen LogP contribution is -2.48. The normalized spacial score (nSPS) is 10.3. The Bertz CT molecular complexity index is 725. The number of benzene rings is 1. The van der Waals surface area contributed by atoms with E-state index in [1.807, 2.05) is 17.5 Å². The van der Waals surface area contributed by atoms with E-state index >= 15 is 0 Å². The maximum absolute atomic E-state index is 11.8. The van der Waals surface area contributed by atoms with Gasteiger partial charge in [0, 0.05) is 16.5 Å². The van der Waals surface area contributed by atoms with Crippen LogP contribution in [0.25, 0.3) is 6.08 Å². The summed E-state index contributed by atoms with van der Waals surface area (Å²) in [5.74, 6) is -0.791. The van der Waals surface area contributed by atoms with Crippen molar-refractivity contribution in [1.82, 2.24) is 16.2 Å². The van der Waals surface area contributed by atoms with Gasteiger partial charge in [-0.25, -0.2) is 0 Å². The Balaban J connectivity index is 1.77. The van der Waals surface area contributed by atoms with Crippen molar-refractivity contribution in [3.63, 3.8) is 0 Å². The van der Waals surface area contributed by atoms with Crippen molar-refractivity contribution in [2.24, 2.45) is 0 Å². The van der Waals surface area contributed by atoms with E-state index in [9.17, 15) is 9.59 Å². The monoisotopic (exact) mass is 347 g/mol. The minimum atomic E-state index is -0.448. The van der Waals surface area contributed by atoms with E-state index in [4.69, 9.17) is 17.3 Å². The van der Waals surface area contributed by atoms with E-state index in [0.29, 0.717) is 5.56 Å². The summed E-state index contributed by atoms with van der Waals surface area (Å²) in [6.07, 6.45) is 3.01. The van der Waals surface area contributed by atoms with E-state index in [0.717, 1.165) is 4.88 Å². The number of aromatic hydroxyl groups is 1. The molecular weight excluding hydrogens is 334 g/mol. The van der Waals surface area contributed by atoms with E-state index in [1.165, 1.54) is 41.7 Å². The molecule has 0 fully saturated rings. The molecule has 1 aromatic heterocycles. The molecule has 0 atom stereocenters. The van der Waals surface area contributed by atoms with E-state index < -0.39 is 11.8 Å². The van der Waals surface area contributed by atoms with Gasteiger partial charge < -0.3 is 5.11 Å². The highest BCUT2D eigenvalue weighted by Crippen LogP contribution is 2.10. The van der Waals surface area contributed by atoms with Gasteiger partial charge in [-0.1, -0.05) is 6.07 Å². The van der Waals surface area contributed by atoms with Crippen LogP contribution in [0.4, 0.5) is 0 Å². The first-order valence-electron chi connectivity index (χ1n) is 6.46. The number of hydrogen-bond acceptors (Lipinski definition) is 5. The lowest BCUT2D eigenvalue weighted by molar-refractivity contribution is -0.115. The Hall–Kier alpha value is -2.71. The summed E-state index contributed by atoms with van der Waals surface area (Å²) in [6.45, 7) is 0. The van der Waals surface area contributed by atoms with Crippen molar-refractivity contribution in [2.75, 3.05) is 0 Å². The number of phenolic OH excluding ortho intramolecular Hbond substituents is 1. The lowest BCUT2D eigenvalue weighted by atomic mass is 10.2. The summed E-state index contributed by atoms with van der Waals surface area (Å²) in [5, 5.41) is 13.4. The first-order chi connectivity index (χ1) is 11.0. The van der Waals surface area contributed by atoms with Crippen LogP contribution in [0.3, 0.4) is 0 Å². The number of hydrogen-bond donors (Lipinski definition) is 4. The molecule has 4 N–H and O–H groups in total.